The number of halogens is 1. The van der Waals surface area contributed by atoms with E-state index < -0.39 is 5.97 Å². The number of rotatable bonds is 3. The molecule has 0 spiro atoms. The second-order valence-corrected chi connectivity index (χ2v) is 3.93. The fourth-order valence-corrected chi connectivity index (χ4v) is 1.82. The monoisotopic (exact) mass is 272 g/mol. The SMILES string of the molecule is CCCc1nc2c(C)cc(C(=O)O)cc2[nH]1.Cl.O. The van der Waals surface area contributed by atoms with Crippen molar-refractivity contribution in [2.75, 3.05) is 0 Å². The zero-order valence-corrected chi connectivity index (χ0v) is 11.1. The molecule has 0 atom stereocenters. The molecule has 0 aliphatic heterocycles. The van der Waals surface area contributed by atoms with Gasteiger partial charge in [-0.3, -0.25) is 0 Å². The summed E-state index contributed by atoms with van der Waals surface area (Å²) in [5.74, 6) is 0.0137. The summed E-state index contributed by atoms with van der Waals surface area (Å²) in [6, 6.07) is 3.29. The van der Waals surface area contributed by atoms with Gasteiger partial charge in [0.1, 0.15) is 5.82 Å². The first-order valence-corrected chi connectivity index (χ1v) is 5.34. The van der Waals surface area contributed by atoms with Crippen molar-refractivity contribution >= 4 is 29.4 Å². The van der Waals surface area contributed by atoms with Gasteiger partial charge in [0.25, 0.3) is 0 Å². The van der Waals surface area contributed by atoms with Gasteiger partial charge >= 0.3 is 5.97 Å². The average Bonchev–Trinajstić information content (AvgIpc) is 2.61. The molecule has 0 aliphatic rings. The fourth-order valence-electron chi connectivity index (χ4n) is 1.82. The van der Waals surface area contributed by atoms with Crippen LogP contribution in [0.1, 0.15) is 35.1 Å². The van der Waals surface area contributed by atoms with Gasteiger partial charge in [-0.15, -0.1) is 12.4 Å². The minimum Gasteiger partial charge on any atom is -0.478 e. The quantitative estimate of drug-likeness (QED) is 0.895. The third-order valence-corrected chi connectivity index (χ3v) is 2.56. The minimum absolute atomic E-state index is 0. The van der Waals surface area contributed by atoms with E-state index in [9.17, 15) is 4.79 Å². The Kier molecular flexibility index (Phi) is 5.81. The molecule has 0 bridgehead atoms. The number of aromatic nitrogens is 2. The van der Waals surface area contributed by atoms with Crippen molar-refractivity contribution in [3.05, 3.63) is 29.1 Å². The number of carboxylic acid groups (broad SMARTS) is 1. The Morgan fingerprint density at radius 1 is 1.44 bits per heavy atom. The topological polar surface area (TPSA) is 97.5 Å². The van der Waals surface area contributed by atoms with Crippen LogP contribution in [-0.4, -0.2) is 26.5 Å². The highest BCUT2D eigenvalue weighted by molar-refractivity contribution is 5.93. The van der Waals surface area contributed by atoms with Crippen LogP contribution in [0.15, 0.2) is 12.1 Å². The number of aromatic amines is 1. The Hall–Kier alpha value is -1.59. The molecule has 0 saturated heterocycles. The second kappa shape index (κ2) is 6.37. The number of H-pyrrole nitrogens is 1. The number of hydrogen-bond donors (Lipinski definition) is 2. The maximum absolute atomic E-state index is 10.9. The zero-order chi connectivity index (χ0) is 11.7. The molecule has 0 fully saturated rings. The lowest BCUT2D eigenvalue weighted by Gasteiger charge is -1.97. The number of hydrogen-bond acceptors (Lipinski definition) is 2. The van der Waals surface area contributed by atoms with Crippen LogP contribution in [0, 0.1) is 6.92 Å². The first kappa shape index (κ1) is 16.4. The van der Waals surface area contributed by atoms with Crippen LogP contribution >= 0.6 is 12.4 Å². The van der Waals surface area contributed by atoms with Crippen molar-refractivity contribution in [3.63, 3.8) is 0 Å². The lowest BCUT2D eigenvalue weighted by atomic mass is 10.1. The molecule has 0 unspecified atom stereocenters. The van der Waals surface area contributed by atoms with Gasteiger partial charge in [-0.1, -0.05) is 6.92 Å². The number of nitrogens with zero attached hydrogens (tertiary/aromatic N) is 1. The lowest BCUT2D eigenvalue weighted by Crippen LogP contribution is -1.96. The van der Waals surface area contributed by atoms with E-state index >= 15 is 0 Å². The molecule has 0 amide bonds. The van der Waals surface area contributed by atoms with Crippen LogP contribution in [0.4, 0.5) is 0 Å². The largest absolute Gasteiger partial charge is 0.478 e. The molecule has 0 aliphatic carbocycles. The molecular weight excluding hydrogens is 256 g/mol. The Bertz CT molecular complexity index is 551. The molecule has 6 heteroatoms. The molecule has 1 heterocycles. The summed E-state index contributed by atoms with van der Waals surface area (Å²) in [5.41, 5.74) is 2.87. The number of nitrogens with one attached hydrogen (secondary N) is 1. The second-order valence-electron chi connectivity index (χ2n) is 3.93. The maximum atomic E-state index is 10.9. The first-order valence-electron chi connectivity index (χ1n) is 5.34. The number of aromatic carboxylic acids is 1. The highest BCUT2D eigenvalue weighted by Gasteiger charge is 2.10. The highest BCUT2D eigenvalue weighted by atomic mass is 35.5. The van der Waals surface area contributed by atoms with Gasteiger partial charge in [-0.05, 0) is 31.0 Å². The number of fused-ring (bicyclic) bond motifs is 1. The van der Waals surface area contributed by atoms with E-state index in [1.54, 1.807) is 12.1 Å². The summed E-state index contributed by atoms with van der Waals surface area (Å²) in [6.45, 7) is 3.97. The Morgan fingerprint density at radius 2 is 2.11 bits per heavy atom. The zero-order valence-electron chi connectivity index (χ0n) is 10.3. The number of benzene rings is 1. The van der Waals surface area contributed by atoms with E-state index in [0.29, 0.717) is 5.56 Å². The Balaban J connectivity index is 0.00000144. The van der Waals surface area contributed by atoms with Crippen LogP contribution < -0.4 is 0 Å². The van der Waals surface area contributed by atoms with Crippen LogP contribution in [0.25, 0.3) is 11.0 Å². The normalized spacial score (nSPS) is 9.67. The molecule has 18 heavy (non-hydrogen) atoms. The molecule has 1 aromatic carbocycles. The van der Waals surface area contributed by atoms with E-state index in [1.165, 1.54) is 0 Å². The summed E-state index contributed by atoms with van der Waals surface area (Å²) < 4.78 is 0. The maximum Gasteiger partial charge on any atom is 0.335 e. The molecule has 5 nitrogen and oxygen atoms in total. The summed E-state index contributed by atoms with van der Waals surface area (Å²) >= 11 is 0. The van der Waals surface area contributed by atoms with Crippen molar-refractivity contribution in [3.8, 4) is 0 Å². The summed E-state index contributed by atoms with van der Waals surface area (Å²) in [4.78, 5) is 18.5. The molecule has 2 aromatic rings. The van der Waals surface area contributed by atoms with E-state index in [0.717, 1.165) is 35.3 Å². The van der Waals surface area contributed by atoms with Crippen LogP contribution in [0.3, 0.4) is 0 Å². The van der Waals surface area contributed by atoms with E-state index in [2.05, 4.69) is 16.9 Å². The molecule has 0 saturated carbocycles. The third kappa shape index (κ3) is 3.00. The summed E-state index contributed by atoms with van der Waals surface area (Å²) in [7, 11) is 0. The number of aryl methyl sites for hydroxylation is 2. The molecule has 4 N–H and O–H groups in total. The van der Waals surface area contributed by atoms with Gasteiger partial charge in [0.05, 0.1) is 16.6 Å². The van der Waals surface area contributed by atoms with Gasteiger partial charge in [0.2, 0.25) is 0 Å². The van der Waals surface area contributed by atoms with Gasteiger partial charge < -0.3 is 15.6 Å². The number of carboxylic acids is 1. The van der Waals surface area contributed by atoms with E-state index in [-0.39, 0.29) is 17.9 Å². The van der Waals surface area contributed by atoms with Gasteiger partial charge in [-0.25, -0.2) is 9.78 Å². The van der Waals surface area contributed by atoms with Crippen LogP contribution in [0.2, 0.25) is 0 Å². The average molecular weight is 273 g/mol. The van der Waals surface area contributed by atoms with Crippen molar-refractivity contribution in [1.82, 2.24) is 9.97 Å². The van der Waals surface area contributed by atoms with Crippen molar-refractivity contribution < 1.29 is 15.4 Å². The Labute approximate surface area is 111 Å². The predicted octanol–water partition coefficient (Wildman–Crippen LogP) is 2.12. The van der Waals surface area contributed by atoms with Gasteiger partial charge in [-0.2, -0.15) is 0 Å². The summed E-state index contributed by atoms with van der Waals surface area (Å²) in [6.07, 6.45) is 1.90. The number of carbonyl (C=O) groups is 1. The van der Waals surface area contributed by atoms with Crippen molar-refractivity contribution in [2.24, 2.45) is 0 Å². The molecule has 2 rings (SSSR count). The first-order chi connectivity index (χ1) is 7.61. The smallest absolute Gasteiger partial charge is 0.335 e. The van der Waals surface area contributed by atoms with Crippen LogP contribution in [0.5, 0.6) is 0 Å². The van der Waals surface area contributed by atoms with Crippen molar-refractivity contribution in [1.29, 1.82) is 0 Å². The lowest BCUT2D eigenvalue weighted by molar-refractivity contribution is 0.0697. The fraction of sp³-hybridized carbons (Fsp3) is 0.333. The van der Waals surface area contributed by atoms with Crippen LogP contribution in [-0.2, 0) is 6.42 Å². The molecule has 100 valence electrons. The molecular formula is C12H17ClN2O3. The van der Waals surface area contributed by atoms with E-state index in [4.69, 9.17) is 5.11 Å². The van der Waals surface area contributed by atoms with Gasteiger partial charge in [0.15, 0.2) is 0 Å². The highest BCUT2D eigenvalue weighted by Crippen LogP contribution is 2.19. The van der Waals surface area contributed by atoms with E-state index in [1.807, 2.05) is 6.92 Å². The summed E-state index contributed by atoms with van der Waals surface area (Å²) in [5, 5.41) is 8.94. The number of imidazole rings is 1. The predicted molar refractivity (Wildman–Crippen MR) is 72.6 cm³/mol. The van der Waals surface area contributed by atoms with Gasteiger partial charge in [0, 0.05) is 6.42 Å². The Morgan fingerprint density at radius 3 is 2.67 bits per heavy atom. The van der Waals surface area contributed by atoms with Crippen molar-refractivity contribution in [2.45, 2.75) is 26.7 Å². The molecule has 1 aromatic heterocycles. The third-order valence-electron chi connectivity index (χ3n) is 2.56. The standard InChI is InChI=1S/C12H14N2O2.ClH.H2O/c1-3-4-10-13-9-6-8(12(15)16)5-7(2)11(9)14-10;;/h5-6H,3-4H2,1-2H3,(H,13,14)(H,15,16);1H;1H2. The molecule has 0 radical (unpaired) electrons. The minimum atomic E-state index is -0.906.